The largest absolute Gasteiger partial charge is 0.377 e. The highest BCUT2D eigenvalue weighted by Gasteiger charge is 2.31. The summed E-state index contributed by atoms with van der Waals surface area (Å²) in [5.74, 6) is 0.701. The van der Waals surface area contributed by atoms with E-state index in [1.807, 2.05) is 0 Å². The van der Waals surface area contributed by atoms with Crippen molar-refractivity contribution < 1.29 is 9.47 Å². The van der Waals surface area contributed by atoms with Gasteiger partial charge in [0.25, 0.3) is 0 Å². The Hall–Kier alpha value is -0.120. The first-order valence-corrected chi connectivity index (χ1v) is 7.41. The van der Waals surface area contributed by atoms with Crippen LogP contribution < -0.4 is 5.32 Å². The molecular formula is C15H31NO2. The van der Waals surface area contributed by atoms with Crippen molar-refractivity contribution in [2.75, 3.05) is 20.3 Å². The molecule has 3 unspecified atom stereocenters. The molecule has 0 heterocycles. The molecule has 0 aliphatic heterocycles. The highest BCUT2D eigenvalue weighted by atomic mass is 16.5. The molecule has 108 valence electrons. The second-order valence-corrected chi connectivity index (χ2v) is 6.05. The van der Waals surface area contributed by atoms with Crippen LogP contribution in [0.2, 0.25) is 0 Å². The predicted molar refractivity (Wildman–Crippen MR) is 75.9 cm³/mol. The highest BCUT2D eigenvalue weighted by Crippen LogP contribution is 2.27. The summed E-state index contributed by atoms with van der Waals surface area (Å²) in [4.78, 5) is 0. The van der Waals surface area contributed by atoms with E-state index >= 15 is 0 Å². The zero-order valence-electron chi connectivity index (χ0n) is 12.8. The van der Waals surface area contributed by atoms with Crippen LogP contribution in [0, 0.1) is 5.92 Å². The minimum atomic E-state index is -0.187. The van der Waals surface area contributed by atoms with Gasteiger partial charge >= 0.3 is 0 Å². The summed E-state index contributed by atoms with van der Waals surface area (Å²) in [7, 11) is 1.77. The van der Waals surface area contributed by atoms with Crippen LogP contribution in [0.5, 0.6) is 0 Å². The van der Waals surface area contributed by atoms with Gasteiger partial charge in [0.05, 0.1) is 24.4 Å². The molecule has 3 nitrogen and oxygen atoms in total. The van der Waals surface area contributed by atoms with Crippen LogP contribution in [-0.2, 0) is 9.47 Å². The molecule has 18 heavy (non-hydrogen) atoms. The predicted octanol–water partition coefficient (Wildman–Crippen LogP) is 2.98. The second-order valence-electron chi connectivity index (χ2n) is 6.05. The Kier molecular flexibility index (Phi) is 6.61. The van der Waals surface area contributed by atoms with Crippen molar-refractivity contribution in [3.63, 3.8) is 0 Å². The third-order valence-corrected chi connectivity index (χ3v) is 4.33. The fraction of sp³-hybridized carbons (Fsp3) is 1.00. The molecular weight excluding hydrogens is 226 g/mol. The van der Waals surface area contributed by atoms with E-state index in [9.17, 15) is 0 Å². The van der Waals surface area contributed by atoms with E-state index in [-0.39, 0.29) is 11.6 Å². The molecule has 0 aromatic rings. The number of methoxy groups -OCH3 is 1. The Bertz CT molecular complexity index is 231. The van der Waals surface area contributed by atoms with Crippen molar-refractivity contribution in [2.45, 2.75) is 71.1 Å². The summed E-state index contributed by atoms with van der Waals surface area (Å²) < 4.78 is 11.7. The van der Waals surface area contributed by atoms with Gasteiger partial charge in [-0.05, 0) is 39.2 Å². The number of hydrogen-bond donors (Lipinski definition) is 1. The number of nitrogens with one attached hydrogen (secondary N) is 1. The molecule has 3 heteroatoms. The van der Waals surface area contributed by atoms with Crippen LogP contribution in [0.15, 0.2) is 0 Å². The van der Waals surface area contributed by atoms with E-state index in [2.05, 4.69) is 33.0 Å². The lowest BCUT2D eigenvalue weighted by Gasteiger charge is -2.36. The third kappa shape index (κ3) is 4.52. The monoisotopic (exact) mass is 257 g/mol. The molecule has 0 spiro atoms. The molecule has 0 aromatic carbocycles. The number of likely N-dealkylation sites (N-methyl/N-ethyl adjacent to an activating group) is 1. The summed E-state index contributed by atoms with van der Waals surface area (Å²) in [5.41, 5.74) is -0.187. The average molecular weight is 257 g/mol. The molecule has 1 fully saturated rings. The first kappa shape index (κ1) is 15.9. The topological polar surface area (TPSA) is 30.5 Å². The van der Waals surface area contributed by atoms with Gasteiger partial charge in [-0.1, -0.05) is 26.7 Å². The van der Waals surface area contributed by atoms with Gasteiger partial charge in [0, 0.05) is 7.11 Å². The van der Waals surface area contributed by atoms with Gasteiger partial charge in [0.1, 0.15) is 0 Å². The molecule has 1 aliphatic rings. The minimum Gasteiger partial charge on any atom is -0.377 e. The number of rotatable bonds is 7. The SMILES string of the molecule is CCNC(COC1CCCCC1C)C(C)(C)OC. The molecule has 0 bridgehead atoms. The molecule has 1 rings (SSSR count). The Labute approximate surface area is 113 Å². The summed E-state index contributed by atoms with van der Waals surface area (Å²) in [5, 5.41) is 3.48. The third-order valence-electron chi connectivity index (χ3n) is 4.33. The van der Waals surface area contributed by atoms with Crippen LogP contribution in [0.3, 0.4) is 0 Å². The van der Waals surface area contributed by atoms with Crippen LogP contribution in [0.25, 0.3) is 0 Å². The maximum atomic E-state index is 6.16. The van der Waals surface area contributed by atoms with Gasteiger partial charge in [-0.15, -0.1) is 0 Å². The Balaban J connectivity index is 2.46. The molecule has 1 saturated carbocycles. The summed E-state index contributed by atoms with van der Waals surface area (Å²) in [6, 6.07) is 0.252. The van der Waals surface area contributed by atoms with Crippen LogP contribution in [0.4, 0.5) is 0 Å². The normalized spacial score (nSPS) is 27.2. The van der Waals surface area contributed by atoms with E-state index < -0.39 is 0 Å². The molecule has 1 N–H and O–H groups in total. The highest BCUT2D eigenvalue weighted by molar-refractivity contribution is 4.86. The molecule has 0 amide bonds. The quantitative estimate of drug-likeness (QED) is 0.760. The van der Waals surface area contributed by atoms with Crippen molar-refractivity contribution >= 4 is 0 Å². The van der Waals surface area contributed by atoms with E-state index in [1.54, 1.807) is 7.11 Å². The lowest BCUT2D eigenvalue weighted by Crippen LogP contribution is -2.51. The van der Waals surface area contributed by atoms with Gasteiger partial charge in [0.15, 0.2) is 0 Å². The van der Waals surface area contributed by atoms with Crippen LogP contribution in [-0.4, -0.2) is 38.0 Å². The van der Waals surface area contributed by atoms with Crippen molar-refractivity contribution in [2.24, 2.45) is 5.92 Å². The summed E-state index contributed by atoms with van der Waals surface area (Å²) >= 11 is 0. The Morgan fingerprint density at radius 1 is 1.28 bits per heavy atom. The first-order chi connectivity index (χ1) is 8.51. The van der Waals surface area contributed by atoms with E-state index in [1.165, 1.54) is 25.7 Å². The fourth-order valence-electron chi connectivity index (χ4n) is 2.64. The maximum Gasteiger partial charge on any atom is 0.0797 e. The van der Waals surface area contributed by atoms with Gasteiger partial charge in [-0.25, -0.2) is 0 Å². The van der Waals surface area contributed by atoms with E-state index in [0.29, 0.717) is 12.0 Å². The molecule has 0 saturated heterocycles. The van der Waals surface area contributed by atoms with Gasteiger partial charge in [-0.3, -0.25) is 0 Å². The second kappa shape index (κ2) is 7.46. The average Bonchev–Trinajstić information content (AvgIpc) is 2.36. The van der Waals surface area contributed by atoms with Crippen molar-refractivity contribution in [1.29, 1.82) is 0 Å². The fourth-order valence-corrected chi connectivity index (χ4v) is 2.64. The van der Waals surface area contributed by atoms with Gasteiger partial charge in [-0.2, -0.15) is 0 Å². The standard InChI is InChI=1S/C15H31NO2/c1-6-16-14(15(3,4)17-5)11-18-13-10-8-7-9-12(13)2/h12-14,16H,6-11H2,1-5H3. The minimum absolute atomic E-state index is 0.187. The van der Waals surface area contributed by atoms with Crippen molar-refractivity contribution in [3.05, 3.63) is 0 Å². The Morgan fingerprint density at radius 2 is 1.94 bits per heavy atom. The first-order valence-electron chi connectivity index (χ1n) is 7.41. The lowest BCUT2D eigenvalue weighted by atomic mass is 9.88. The van der Waals surface area contributed by atoms with E-state index in [4.69, 9.17) is 9.47 Å². The van der Waals surface area contributed by atoms with Crippen LogP contribution in [0.1, 0.15) is 53.4 Å². The van der Waals surface area contributed by atoms with Crippen molar-refractivity contribution in [3.8, 4) is 0 Å². The van der Waals surface area contributed by atoms with Gasteiger partial charge in [0.2, 0.25) is 0 Å². The summed E-state index contributed by atoms with van der Waals surface area (Å²) in [6.45, 7) is 10.4. The molecule has 1 aliphatic carbocycles. The zero-order valence-corrected chi connectivity index (χ0v) is 12.8. The van der Waals surface area contributed by atoms with E-state index in [0.717, 1.165) is 13.2 Å². The zero-order chi connectivity index (χ0) is 13.6. The molecule has 0 radical (unpaired) electrons. The number of hydrogen-bond acceptors (Lipinski definition) is 3. The maximum absolute atomic E-state index is 6.16. The Morgan fingerprint density at radius 3 is 2.50 bits per heavy atom. The smallest absolute Gasteiger partial charge is 0.0797 e. The van der Waals surface area contributed by atoms with Crippen LogP contribution >= 0.6 is 0 Å². The molecule has 3 atom stereocenters. The summed E-state index contributed by atoms with van der Waals surface area (Å²) in [6.07, 6.45) is 5.64. The van der Waals surface area contributed by atoms with Gasteiger partial charge < -0.3 is 14.8 Å². The number of ether oxygens (including phenoxy) is 2. The lowest BCUT2D eigenvalue weighted by molar-refractivity contribution is -0.0701. The van der Waals surface area contributed by atoms with Crippen molar-refractivity contribution in [1.82, 2.24) is 5.32 Å². The molecule has 0 aromatic heterocycles.